The van der Waals surface area contributed by atoms with Gasteiger partial charge in [-0.1, -0.05) is 6.58 Å². The molecule has 16 heavy (non-hydrogen) atoms. The third-order valence-corrected chi connectivity index (χ3v) is 1.81. The van der Waals surface area contributed by atoms with Gasteiger partial charge in [0, 0.05) is 18.0 Å². The Hall–Kier alpha value is -1.62. The molecule has 0 aromatic carbocycles. The first-order chi connectivity index (χ1) is 7.25. The Morgan fingerprint density at radius 2 is 1.94 bits per heavy atom. The molecular weight excluding hydrogens is 210 g/mol. The molecular formula is C11H17NO4. The predicted molar refractivity (Wildman–Crippen MR) is 59.5 cm³/mol. The van der Waals surface area contributed by atoms with E-state index in [1.165, 1.54) is 13.8 Å². The molecule has 0 fully saturated rings. The summed E-state index contributed by atoms with van der Waals surface area (Å²) in [5.74, 6) is -1.70. The largest absolute Gasteiger partial charge is 0.478 e. The molecule has 0 radical (unpaired) electrons. The van der Waals surface area contributed by atoms with E-state index >= 15 is 0 Å². The molecule has 1 atom stereocenters. The Labute approximate surface area is 94.6 Å². The standard InChI is InChI=1S/C11H17NO4/c1-6(2)11(15)16-9(5-7(3)12)8(4)10(13)14/h7H,1,5,12H2,2-4H3,(H,13,14). The number of hydrogen-bond acceptors (Lipinski definition) is 4. The zero-order chi connectivity index (χ0) is 12.9. The molecule has 0 heterocycles. The van der Waals surface area contributed by atoms with Crippen LogP contribution in [0.15, 0.2) is 23.5 Å². The monoisotopic (exact) mass is 227 g/mol. The van der Waals surface area contributed by atoms with E-state index in [9.17, 15) is 9.59 Å². The summed E-state index contributed by atoms with van der Waals surface area (Å²) in [6, 6.07) is -0.290. The molecule has 1 unspecified atom stereocenters. The maximum Gasteiger partial charge on any atom is 0.338 e. The van der Waals surface area contributed by atoms with Gasteiger partial charge in [0.05, 0.1) is 5.57 Å². The second-order valence-corrected chi connectivity index (χ2v) is 3.70. The average molecular weight is 227 g/mol. The van der Waals surface area contributed by atoms with Crippen LogP contribution in [0.5, 0.6) is 0 Å². The smallest absolute Gasteiger partial charge is 0.338 e. The van der Waals surface area contributed by atoms with Gasteiger partial charge in [-0.2, -0.15) is 0 Å². The summed E-state index contributed by atoms with van der Waals surface area (Å²) in [6.45, 7) is 7.97. The number of rotatable bonds is 5. The lowest BCUT2D eigenvalue weighted by Gasteiger charge is -2.12. The normalized spacial score (nSPS) is 13.8. The minimum absolute atomic E-state index is 0.0214. The molecule has 5 nitrogen and oxygen atoms in total. The van der Waals surface area contributed by atoms with Gasteiger partial charge < -0.3 is 15.6 Å². The van der Waals surface area contributed by atoms with Crippen LogP contribution in [-0.2, 0) is 14.3 Å². The average Bonchev–Trinajstić information content (AvgIpc) is 2.14. The molecule has 0 aliphatic heterocycles. The Morgan fingerprint density at radius 1 is 1.44 bits per heavy atom. The van der Waals surface area contributed by atoms with Crippen molar-refractivity contribution in [2.75, 3.05) is 0 Å². The van der Waals surface area contributed by atoms with Crippen LogP contribution in [0.25, 0.3) is 0 Å². The molecule has 5 heteroatoms. The van der Waals surface area contributed by atoms with Gasteiger partial charge >= 0.3 is 11.9 Å². The summed E-state index contributed by atoms with van der Waals surface area (Å²) in [5, 5.41) is 8.80. The topological polar surface area (TPSA) is 89.6 Å². The fourth-order valence-electron chi connectivity index (χ4n) is 0.882. The van der Waals surface area contributed by atoms with Crippen LogP contribution in [0.4, 0.5) is 0 Å². The molecule has 0 aliphatic rings. The van der Waals surface area contributed by atoms with Crippen LogP contribution in [0.3, 0.4) is 0 Å². The Morgan fingerprint density at radius 3 is 2.25 bits per heavy atom. The van der Waals surface area contributed by atoms with Gasteiger partial charge in [-0.25, -0.2) is 9.59 Å². The third kappa shape index (κ3) is 4.75. The lowest BCUT2D eigenvalue weighted by Crippen LogP contribution is -2.20. The van der Waals surface area contributed by atoms with E-state index in [2.05, 4.69) is 6.58 Å². The van der Waals surface area contributed by atoms with Crippen LogP contribution in [0, 0.1) is 0 Å². The summed E-state index contributed by atoms with van der Waals surface area (Å²) in [5.41, 5.74) is 5.73. The van der Waals surface area contributed by atoms with E-state index in [0.29, 0.717) is 0 Å². The number of hydrogen-bond donors (Lipinski definition) is 2. The lowest BCUT2D eigenvalue weighted by atomic mass is 10.1. The van der Waals surface area contributed by atoms with Crippen molar-refractivity contribution >= 4 is 11.9 Å². The Bertz CT molecular complexity index is 342. The van der Waals surface area contributed by atoms with Crippen LogP contribution in [0.1, 0.15) is 27.2 Å². The van der Waals surface area contributed by atoms with Crippen molar-refractivity contribution in [3.8, 4) is 0 Å². The van der Waals surface area contributed by atoms with Gasteiger partial charge in [-0.05, 0) is 20.8 Å². The molecule has 90 valence electrons. The van der Waals surface area contributed by atoms with Crippen LogP contribution < -0.4 is 5.73 Å². The van der Waals surface area contributed by atoms with Gasteiger partial charge in [0.2, 0.25) is 0 Å². The summed E-state index contributed by atoms with van der Waals surface area (Å²) in [4.78, 5) is 22.0. The zero-order valence-corrected chi connectivity index (χ0v) is 9.74. The Kier molecular flexibility index (Phi) is 5.46. The molecule has 0 saturated carbocycles. The van der Waals surface area contributed by atoms with E-state index in [0.717, 1.165) is 0 Å². The molecule has 0 aromatic rings. The molecule has 0 bridgehead atoms. The number of carbonyl (C=O) groups is 2. The van der Waals surface area contributed by atoms with Gasteiger partial charge in [0.25, 0.3) is 0 Å². The first-order valence-corrected chi connectivity index (χ1v) is 4.82. The number of carboxylic acid groups (broad SMARTS) is 1. The zero-order valence-electron chi connectivity index (χ0n) is 9.74. The van der Waals surface area contributed by atoms with Gasteiger partial charge in [-0.15, -0.1) is 0 Å². The summed E-state index contributed by atoms with van der Waals surface area (Å²) < 4.78 is 4.93. The molecule has 0 saturated heterocycles. The summed E-state index contributed by atoms with van der Waals surface area (Å²) in [7, 11) is 0. The maximum absolute atomic E-state index is 11.3. The Balaban J connectivity index is 4.96. The van der Waals surface area contributed by atoms with Crippen molar-refractivity contribution in [1.29, 1.82) is 0 Å². The maximum atomic E-state index is 11.3. The van der Waals surface area contributed by atoms with Crippen LogP contribution in [0.2, 0.25) is 0 Å². The predicted octanol–water partition coefficient (Wildman–Crippen LogP) is 1.20. The van der Waals surface area contributed by atoms with E-state index < -0.39 is 11.9 Å². The van der Waals surface area contributed by atoms with Crippen molar-refractivity contribution < 1.29 is 19.4 Å². The number of nitrogens with two attached hydrogens (primary N) is 1. The number of carboxylic acids is 1. The van der Waals surface area contributed by atoms with Crippen molar-refractivity contribution in [2.45, 2.75) is 33.2 Å². The fourth-order valence-corrected chi connectivity index (χ4v) is 0.882. The molecule has 3 N–H and O–H groups in total. The van der Waals surface area contributed by atoms with Gasteiger partial charge in [0.1, 0.15) is 5.76 Å². The number of aliphatic carboxylic acids is 1. The SMILES string of the molecule is C=C(C)C(=O)OC(CC(C)N)=C(C)C(=O)O. The van der Waals surface area contributed by atoms with Crippen LogP contribution >= 0.6 is 0 Å². The van der Waals surface area contributed by atoms with E-state index in [4.69, 9.17) is 15.6 Å². The highest BCUT2D eigenvalue weighted by molar-refractivity contribution is 5.90. The number of carbonyl (C=O) groups excluding carboxylic acids is 1. The molecule has 0 aliphatic carbocycles. The molecule has 0 aromatic heterocycles. The molecule has 0 amide bonds. The van der Waals surface area contributed by atoms with Gasteiger partial charge in [0.15, 0.2) is 0 Å². The highest BCUT2D eigenvalue weighted by Crippen LogP contribution is 2.14. The van der Waals surface area contributed by atoms with Crippen molar-refractivity contribution in [1.82, 2.24) is 0 Å². The summed E-state index contributed by atoms with van der Waals surface area (Å²) >= 11 is 0. The van der Waals surface area contributed by atoms with Crippen molar-refractivity contribution in [2.24, 2.45) is 5.73 Å². The highest BCUT2D eigenvalue weighted by atomic mass is 16.5. The fraction of sp³-hybridized carbons (Fsp3) is 0.455. The van der Waals surface area contributed by atoms with Crippen LogP contribution in [-0.4, -0.2) is 23.1 Å². The first-order valence-electron chi connectivity index (χ1n) is 4.82. The quantitative estimate of drug-likeness (QED) is 0.418. The second-order valence-electron chi connectivity index (χ2n) is 3.70. The van der Waals surface area contributed by atoms with Crippen molar-refractivity contribution in [3.63, 3.8) is 0 Å². The highest BCUT2D eigenvalue weighted by Gasteiger charge is 2.16. The van der Waals surface area contributed by atoms with E-state index in [1.807, 2.05) is 0 Å². The third-order valence-electron chi connectivity index (χ3n) is 1.81. The molecule has 0 spiro atoms. The van der Waals surface area contributed by atoms with E-state index in [-0.39, 0.29) is 29.4 Å². The van der Waals surface area contributed by atoms with Crippen molar-refractivity contribution in [3.05, 3.63) is 23.5 Å². The van der Waals surface area contributed by atoms with Gasteiger partial charge in [-0.3, -0.25) is 0 Å². The number of ether oxygens (including phenoxy) is 1. The summed E-state index contributed by atoms with van der Waals surface area (Å²) in [6.07, 6.45) is 0.192. The van der Waals surface area contributed by atoms with E-state index in [1.54, 1.807) is 6.92 Å². The minimum atomic E-state index is -1.13. The minimum Gasteiger partial charge on any atom is -0.478 e. The number of esters is 1. The lowest BCUT2D eigenvalue weighted by molar-refractivity contribution is -0.136. The first kappa shape index (κ1) is 14.4. The molecule has 0 rings (SSSR count). The second kappa shape index (κ2) is 6.07.